The number of ether oxygens (including phenoxy) is 1. The summed E-state index contributed by atoms with van der Waals surface area (Å²) in [6, 6.07) is 16.4. The summed E-state index contributed by atoms with van der Waals surface area (Å²) in [6.45, 7) is 4.94. The minimum Gasteiger partial charge on any atom is -0.489 e. The molecule has 3 aromatic rings. The zero-order valence-corrected chi connectivity index (χ0v) is 14.5. The summed E-state index contributed by atoms with van der Waals surface area (Å²) in [7, 11) is 0. The van der Waals surface area contributed by atoms with Crippen LogP contribution in [0, 0.1) is 0 Å². The van der Waals surface area contributed by atoms with Gasteiger partial charge < -0.3 is 10.5 Å². The van der Waals surface area contributed by atoms with Crippen LogP contribution in [0.4, 0.5) is 5.82 Å². The Balaban J connectivity index is 1.68. The molecule has 25 heavy (non-hydrogen) atoms. The molecule has 0 spiro atoms. The third-order valence-corrected chi connectivity index (χ3v) is 4.77. The van der Waals surface area contributed by atoms with Crippen molar-refractivity contribution in [3.05, 3.63) is 71.5 Å². The highest BCUT2D eigenvalue weighted by Gasteiger charge is 2.34. The lowest BCUT2D eigenvalue weighted by Gasteiger charge is -2.33. The maximum absolute atomic E-state index is 6.14. The zero-order chi connectivity index (χ0) is 17.4. The number of aromatic nitrogens is 2. The maximum Gasteiger partial charge on any atom is 0.131 e. The molecule has 0 atom stereocenters. The summed E-state index contributed by atoms with van der Waals surface area (Å²) in [5.41, 5.74) is 11.5. The second-order valence-electron chi connectivity index (χ2n) is 7.14. The zero-order valence-electron chi connectivity index (χ0n) is 14.5. The summed E-state index contributed by atoms with van der Waals surface area (Å²) in [5.74, 6) is 1.45. The molecule has 0 unspecified atom stereocenters. The summed E-state index contributed by atoms with van der Waals surface area (Å²) < 4.78 is 5.98. The highest BCUT2D eigenvalue weighted by molar-refractivity contribution is 5.75. The molecule has 4 nitrogen and oxygen atoms in total. The lowest BCUT2D eigenvalue weighted by Crippen LogP contribution is -2.28. The van der Waals surface area contributed by atoms with Crippen LogP contribution in [0.2, 0.25) is 0 Å². The van der Waals surface area contributed by atoms with Gasteiger partial charge in [-0.15, -0.1) is 0 Å². The van der Waals surface area contributed by atoms with E-state index in [4.69, 9.17) is 10.5 Å². The largest absolute Gasteiger partial charge is 0.489 e. The minimum absolute atomic E-state index is 0.105. The van der Waals surface area contributed by atoms with Gasteiger partial charge in [0.2, 0.25) is 0 Å². The molecular weight excluding hydrogens is 310 g/mol. The van der Waals surface area contributed by atoms with E-state index in [9.17, 15) is 0 Å². The Morgan fingerprint density at radius 1 is 1.08 bits per heavy atom. The van der Waals surface area contributed by atoms with Gasteiger partial charge in [0, 0.05) is 11.1 Å². The number of nitrogen functional groups attached to an aromatic ring is 1. The molecule has 0 bridgehead atoms. The first-order valence-corrected chi connectivity index (χ1v) is 8.45. The van der Waals surface area contributed by atoms with Crippen molar-refractivity contribution in [2.24, 2.45) is 0 Å². The molecule has 0 saturated carbocycles. The fraction of sp³-hybridized carbons (Fsp3) is 0.238. The van der Waals surface area contributed by atoms with Crippen LogP contribution in [-0.4, -0.2) is 9.97 Å². The summed E-state index contributed by atoms with van der Waals surface area (Å²) in [4.78, 5) is 8.69. The molecule has 2 N–H and O–H groups in total. The monoisotopic (exact) mass is 331 g/mol. The van der Waals surface area contributed by atoms with Crippen LogP contribution < -0.4 is 10.5 Å². The van der Waals surface area contributed by atoms with Gasteiger partial charge in [-0.2, -0.15) is 0 Å². The first-order valence-electron chi connectivity index (χ1n) is 8.45. The van der Waals surface area contributed by atoms with Gasteiger partial charge in [-0.3, -0.25) is 0 Å². The van der Waals surface area contributed by atoms with Crippen LogP contribution in [0.1, 0.15) is 30.5 Å². The maximum atomic E-state index is 6.14. The Morgan fingerprint density at radius 3 is 2.68 bits per heavy atom. The minimum atomic E-state index is -0.105. The Labute approximate surface area is 147 Å². The van der Waals surface area contributed by atoms with E-state index in [0.29, 0.717) is 12.4 Å². The van der Waals surface area contributed by atoms with Gasteiger partial charge in [0.1, 0.15) is 24.5 Å². The van der Waals surface area contributed by atoms with Gasteiger partial charge in [0.05, 0.1) is 5.69 Å². The first kappa shape index (κ1) is 15.6. The van der Waals surface area contributed by atoms with Gasteiger partial charge in [-0.1, -0.05) is 44.2 Å². The molecule has 0 saturated heterocycles. The first-order chi connectivity index (χ1) is 12.0. The van der Waals surface area contributed by atoms with Crippen molar-refractivity contribution in [1.82, 2.24) is 9.97 Å². The molecule has 0 radical (unpaired) electrons. The second-order valence-corrected chi connectivity index (χ2v) is 7.14. The van der Waals surface area contributed by atoms with Crippen molar-refractivity contribution in [3.8, 4) is 17.0 Å². The molecule has 1 heterocycles. The average molecular weight is 331 g/mol. The molecule has 1 aliphatic rings. The SMILES string of the molecule is CC1(C)Cc2cc(OCc3ccccc3)ccc2-c2ncnc(N)c21. The Bertz CT molecular complexity index is 920. The van der Waals surface area contributed by atoms with Crippen LogP contribution in [0.5, 0.6) is 5.75 Å². The Kier molecular flexibility index (Phi) is 3.68. The summed E-state index contributed by atoms with van der Waals surface area (Å²) in [6.07, 6.45) is 2.43. The lowest BCUT2D eigenvalue weighted by molar-refractivity contribution is 0.305. The van der Waals surface area contributed by atoms with Crippen molar-refractivity contribution in [1.29, 1.82) is 0 Å². The number of fused-ring (bicyclic) bond motifs is 3. The topological polar surface area (TPSA) is 61.0 Å². The molecule has 0 amide bonds. The fourth-order valence-electron chi connectivity index (χ4n) is 3.61. The van der Waals surface area contributed by atoms with Crippen molar-refractivity contribution in [2.75, 3.05) is 5.73 Å². The molecule has 1 aliphatic carbocycles. The predicted molar refractivity (Wildman–Crippen MR) is 99.4 cm³/mol. The van der Waals surface area contributed by atoms with Crippen LogP contribution in [0.15, 0.2) is 54.9 Å². The van der Waals surface area contributed by atoms with E-state index in [1.807, 2.05) is 24.3 Å². The van der Waals surface area contributed by atoms with Crippen LogP contribution in [0.25, 0.3) is 11.3 Å². The highest BCUT2D eigenvalue weighted by Crippen LogP contribution is 2.44. The van der Waals surface area contributed by atoms with Crippen LogP contribution >= 0.6 is 0 Å². The van der Waals surface area contributed by atoms with Gasteiger partial charge in [-0.25, -0.2) is 9.97 Å². The number of anilines is 1. The number of benzene rings is 2. The van der Waals surface area contributed by atoms with Gasteiger partial charge in [0.15, 0.2) is 0 Å². The van der Waals surface area contributed by atoms with E-state index in [0.717, 1.165) is 34.6 Å². The second kappa shape index (κ2) is 5.88. The van der Waals surface area contributed by atoms with Crippen molar-refractivity contribution >= 4 is 5.82 Å². The Morgan fingerprint density at radius 2 is 1.88 bits per heavy atom. The summed E-state index contributed by atoms with van der Waals surface area (Å²) in [5, 5.41) is 0. The van der Waals surface area contributed by atoms with E-state index in [2.05, 4.69) is 48.1 Å². The smallest absolute Gasteiger partial charge is 0.131 e. The Hall–Kier alpha value is -2.88. The number of hydrogen-bond donors (Lipinski definition) is 1. The number of hydrogen-bond acceptors (Lipinski definition) is 4. The number of rotatable bonds is 3. The normalized spacial score (nSPS) is 14.5. The molecule has 126 valence electrons. The van der Waals surface area contributed by atoms with E-state index in [1.54, 1.807) is 6.33 Å². The number of nitrogens with zero attached hydrogens (tertiary/aromatic N) is 2. The molecule has 4 rings (SSSR count). The number of nitrogens with two attached hydrogens (primary N) is 1. The molecule has 2 aromatic carbocycles. The van der Waals surface area contributed by atoms with Gasteiger partial charge >= 0.3 is 0 Å². The third kappa shape index (κ3) is 2.84. The molecular formula is C21H21N3O. The predicted octanol–water partition coefficient (Wildman–Crippen LogP) is 4.14. The van der Waals surface area contributed by atoms with Crippen LogP contribution in [0.3, 0.4) is 0 Å². The van der Waals surface area contributed by atoms with Crippen molar-refractivity contribution in [3.63, 3.8) is 0 Å². The van der Waals surface area contributed by atoms with E-state index in [-0.39, 0.29) is 5.41 Å². The van der Waals surface area contributed by atoms with Gasteiger partial charge in [-0.05, 0) is 41.2 Å². The van der Waals surface area contributed by atoms with Crippen molar-refractivity contribution < 1.29 is 4.74 Å². The van der Waals surface area contributed by atoms with Crippen molar-refractivity contribution in [2.45, 2.75) is 32.3 Å². The van der Waals surface area contributed by atoms with E-state index in [1.165, 1.54) is 5.56 Å². The molecule has 0 aliphatic heterocycles. The highest BCUT2D eigenvalue weighted by atomic mass is 16.5. The standard InChI is InChI=1S/C21H21N3O/c1-21(2)11-15-10-16(25-12-14-6-4-3-5-7-14)8-9-17(15)19-18(21)20(22)24-13-23-19/h3-10,13H,11-12H2,1-2H3,(H2,22,23,24). The van der Waals surface area contributed by atoms with Crippen LogP contribution in [-0.2, 0) is 18.4 Å². The molecule has 1 aromatic heterocycles. The molecule has 0 fully saturated rings. The fourth-order valence-corrected chi connectivity index (χ4v) is 3.61. The molecule has 4 heteroatoms. The van der Waals surface area contributed by atoms with E-state index >= 15 is 0 Å². The average Bonchev–Trinajstić information content (AvgIpc) is 2.60. The van der Waals surface area contributed by atoms with Gasteiger partial charge in [0.25, 0.3) is 0 Å². The summed E-state index contributed by atoms with van der Waals surface area (Å²) >= 11 is 0. The third-order valence-electron chi connectivity index (χ3n) is 4.77. The lowest BCUT2D eigenvalue weighted by atomic mass is 9.72. The quantitative estimate of drug-likeness (QED) is 0.783. The van der Waals surface area contributed by atoms with E-state index < -0.39 is 0 Å².